The number of rotatable bonds is 4. The first-order chi connectivity index (χ1) is 7.27. The molecule has 2 aliphatic rings. The quantitative estimate of drug-likeness (QED) is 0.722. The molecule has 0 amide bonds. The molecule has 3 heteroatoms. The molecule has 15 heavy (non-hydrogen) atoms. The molecule has 0 aromatic rings. The van der Waals surface area contributed by atoms with Gasteiger partial charge < -0.3 is 10.5 Å². The van der Waals surface area contributed by atoms with Gasteiger partial charge in [-0.3, -0.25) is 4.79 Å². The van der Waals surface area contributed by atoms with Gasteiger partial charge in [0.05, 0.1) is 12.0 Å². The minimum Gasteiger partial charge on any atom is -0.465 e. The van der Waals surface area contributed by atoms with E-state index in [4.69, 9.17) is 10.5 Å². The Morgan fingerprint density at radius 1 is 1.27 bits per heavy atom. The van der Waals surface area contributed by atoms with Crippen molar-refractivity contribution in [3.8, 4) is 0 Å². The Hall–Kier alpha value is -0.570. The van der Waals surface area contributed by atoms with Gasteiger partial charge >= 0.3 is 5.97 Å². The van der Waals surface area contributed by atoms with Crippen LogP contribution in [0.4, 0.5) is 0 Å². The standard InChI is InChI=1S/C12H21NO2/c13-9-12(6-7-12)11(14)15-8-10-4-2-1-3-5-10/h10H,1-9,13H2. The van der Waals surface area contributed by atoms with Crippen molar-refractivity contribution in [1.29, 1.82) is 0 Å². The molecular weight excluding hydrogens is 190 g/mol. The molecule has 86 valence electrons. The molecular formula is C12H21NO2. The van der Waals surface area contributed by atoms with Crippen LogP contribution in [0, 0.1) is 11.3 Å². The van der Waals surface area contributed by atoms with Crippen LogP contribution >= 0.6 is 0 Å². The van der Waals surface area contributed by atoms with E-state index in [1.165, 1.54) is 32.1 Å². The minimum absolute atomic E-state index is 0.0458. The number of hydrogen-bond donors (Lipinski definition) is 1. The van der Waals surface area contributed by atoms with Crippen molar-refractivity contribution < 1.29 is 9.53 Å². The van der Waals surface area contributed by atoms with Crippen molar-refractivity contribution >= 4 is 5.97 Å². The van der Waals surface area contributed by atoms with Gasteiger partial charge in [-0.2, -0.15) is 0 Å². The van der Waals surface area contributed by atoms with Crippen LogP contribution in [0.1, 0.15) is 44.9 Å². The van der Waals surface area contributed by atoms with E-state index in [0.29, 0.717) is 19.1 Å². The number of nitrogens with two attached hydrogens (primary N) is 1. The fourth-order valence-corrected chi connectivity index (χ4v) is 2.34. The Bertz CT molecular complexity index is 230. The molecule has 2 aliphatic carbocycles. The number of esters is 1. The summed E-state index contributed by atoms with van der Waals surface area (Å²) in [4.78, 5) is 11.7. The largest absolute Gasteiger partial charge is 0.465 e. The van der Waals surface area contributed by atoms with E-state index in [9.17, 15) is 4.79 Å². The average molecular weight is 211 g/mol. The van der Waals surface area contributed by atoms with Gasteiger partial charge in [-0.05, 0) is 31.6 Å². The molecule has 0 aromatic carbocycles. The summed E-state index contributed by atoms with van der Waals surface area (Å²) < 4.78 is 5.38. The van der Waals surface area contributed by atoms with Crippen LogP contribution in [0.15, 0.2) is 0 Å². The zero-order valence-corrected chi connectivity index (χ0v) is 9.34. The van der Waals surface area contributed by atoms with Crippen molar-refractivity contribution in [2.75, 3.05) is 13.2 Å². The van der Waals surface area contributed by atoms with E-state index >= 15 is 0 Å². The molecule has 0 saturated heterocycles. The second-order valence-electron chi connectivity index (χ2n) is 5.09. The summed E-state index contributed by atoms with van der Waals surface area (Å²) in [6.07, 6.45) is 8.23. The van der Waals surface area contributed by atoms with Crippen LogP contribution in [-0.4, -0.2) is 19.1 Å². The summed E-state index contributed by atoms with van der Waals surface area (Å²) in [5.74, 6) is 0.562. The molecule has 0 aliphatic heterocycles. The van der Waals surface area contributed by atoms with Gasteiger partial charge in [0.1, 0.15) is 0 Å². The normalized spacial score (nSPS) is 24.9. The van der Waals surface area contributed by atoms with E-state index in [0.717, 1.165) is 12.8 Å². The second kappa shape index (κ2) is 4.52. The van der Waals surface area contributed by atoms with Crippen molar-refractivity contribution in [1.82, 2.24) is 0 Å². The van der Waals surface area contributed by atoms with Gasteiger partial charge in [0, 0.05) is 6.54 Å². The molecule has 2 fully saturated rings. The van der Waals surface area contributed by atoms with Crippen molar-refractivity contribution in [2.45, 2.75) is 44.9 Å². The second-order valence-corrected chi connectivity index (χ2v) is 5.09. The summed E-state index contributed by atoms with van der Waals surface area (Å²) >= 11 is 0. The maximum absolute atomic E-state index is 11.7. The van der Waals surface area contributed by atoms with E-state index in [-0.39, 0.29) is 11.4 Å². The predicted molar refractivity (Wildman–Crippen MR) is 58.3 cm³/mol. The molecule has 2 N–H and O–H groups in total. The lowest BCUT2D eigenvalue weighted by atomic mass is 9.90. The summed E-state index contributed by atoms with van der Waals surface area (Å²) in [6, 6.07) is 0. The Morgan fingerprint density at radius 3 is 2.47 bits per heavy atom. The first-order valence-electron chi connectivity index (χ1n) is 6.14. The first-order valence-corrected chi connectivity index (χ1v) is 6.14. The highest BCUT2D eigenvalue weighted by Crippen LogP contribution is 2.45. The van der Waals surface area contributed by atoms with E-state index < -0.39 is 0 Å². The Kier molecular flexibility index (Phi) is 3.29. The van der Waals surface area contributed by atoms with E-state index in [2.05, 4.69) is 0 Å². The van der Waals surface area contributed by atoms with Crippen LogP contribution in [0.25, 0.3) is 0 Å². The van der Waals surface area contributed by atoms with Gasteiger partial charge in [-0.1, -0.05) is 19.3 Å². The number of carbonyl (C=O) groups is 1. The molecule has 0 radical (unpaired) electrons. The SMILES string of the molecule is NCC1(C(=O)OCC2CCCCC2)CC1. The van der Waals surface area contributed by atoms with Crippen molar-refractivity contribution in [2.24, 2.45) is 17.1 Å². The number of carbonyl (C=O) groups excluding carboxylic acids is 1. The van der Waals surface area contributed by atoms with Crippen molar-refractivity contribution in [3.05, 3.63) is 0 Å². The molecule has 0 spiro atoms. The lowest BCUT2D eigenvalue weighted by Gasteiger charge is -2.22. The average Bonchev–Trinajstić information content (AvgIpc) is 3.08. The minimum atomic E-state index is -0.283. The van der Waals surface area contributed by atoms with Crippen LogP contribution < -0.4 is 5.73 Å². The maximum Gasteiger partial charge on any atom is 0.313 e. The lowest BCUT2D eigenvalue weighted by molar-refractivity contribution is -0.151. The Labute approximate surface area is 91.4 Å². The van der Waals surface area contributed by atoms with Gasteiger partial charge in [-0.15, -0.1) is 0 Å². The summed E-state index contributed by atoms with van der Waals surface area (Å²) in [7, 11) is 0. The zero-order chi connectivity index (χ0) is 10.7. The molecule has 0 aromatic heterocycles. The van der Waals surface area contributed by atoms with Crippen LogP contribution in [0.2, 0.25) is 0 Å². The first kappa shape index (κ1) is 10.9. The Balaban J connectivity index is 1.70. The zero-order valence-electron chi connectivity index (χ0n) is 9.34. The fraction of sp³-hybridized carbons (Fsp3) is 0.917. The maximum atomic E-state index is 11.7. The van der Waals surface area contributed by atoms with Gasteiger partial charge in [0.2, 0.25) is 0 Å². The molecule has 3 nitrogen and oxygen atoms in total. The lowest BCUT2D eigenvalue weighted by Crippen LogP contribution is -2.29. The molecule has 0 heterocycles. The third kappa shape index (κ3) is 2.51. The predicted octanol–water partition coefficient (Wildman–Crippen LogP) is 1.85. The van der Waals surface area contributed by atoms with Crippen LogP contribution in [-0.2, 0) is 9.53 Å². The highest BCUT2D eigenvalue weighted by atomic mass is 16.5. The number of hydrogen-bond acceptors (Lipinski definition) is 3. The van der Waals surface area contributed by atoms with Crippen LogP contribution in [0.3, 0.4) is 0 Å². The topological polar surface area (TPSA) is 52.3 Å². The monoisotopic (exact) mass is 211 g/mol. The highest BCUT2D eigenvalue weighted by Gasteiger charge is 2.50. The van der Waals surface area contributed by atoms with Gasteiger partial charge in [-0.25, -0.2) is 0 Å². The smallest absolute Gasteiger partial charge is 0.313 e. The summed E-state index contributed by atoms with van der Waals surface area (Å²) in [6.45, 7) is 1.08. The highest BCUT2D eigenvalue weighted by molar-refractivity contribution is 5.80. The fourth-order valence-electron chi connectivity index (χ4n) is 2.34. The molecule has 0 unspecified atom stereocenters. The molecule has 2 rings (SSSR count). The van der Waals surface area contributed by atoms with E-state index in [1.54, 1.807) is 0 Å². The summed E-state index contributed by atoms with van der Waals surface area (Å²) in [5.41, 5.74) is 5.29. The van der Waals surface area contributed by atoms with Crippen LogP contribution in [0.5, 0.6) is 0 Å². The van der Waals surface area contributed by atoms with Gasteiger partial charge in [0.15, 0.2) is 0 Å². The number of ether oxygens (including phenoxy) is 1. The van der Waals surface area contributed by atoms with Gasteiger partial charge in [0.25, 0.3) is 0 Å². The summed E-state index contributed by atoms with van der Waals surface area (Å²) in [5, 5.41) is 0. The molecule has 0 bridgehead atoms. The molecule has 0 atom stereocenters. The van der Waals surface area contributed by atoms with E-state index in [1.807, 2.05) is 0 Å². The van der Waals surface area contributed by atoms with Crippen molar-refractivity contribution in [3.63, 3.8) is 0 Å². The Morgan fingerprint density at radius 2 is 1.93 bits per heavy atom. The molecule has 2 saturated carbocycles. The third-order valence-corrected chi connectivity index (χ3v) is 3.85. The third-order valence-electron chi connectivity index (χ3n) is 3.85.